The molecule has 8 heteroatoms. The van der Waals surface area contributed by atoms with Crippen molar-refractivity contribution >= 4 is 11.6 Å². The van der Waals surface area contributed by atoms with E-state index in [9.17, 15) is 9.90 Å². The van der Waals surface area contributed by atoms with Gasteiger partial charge in [0.2, 0.25) is 23.6 Å². The summed E-state index contributed by atoms with van der Waals surface area (Å²) in [5.41, 5.74) is -0.00696. The second-order valence-corrected chi connectivity index (χ2v) is 3.49. The van der Waals surface area contributed by atoms with Crippen LogP contribution < -0.4 is 20.3 Å². The molecule has 2 rings (SSSR count). The molecule has 8 nitrogen and oxygen atoms in total. The zero-order valence-electron chi connectivity index (χ0n) is 10.3. The monoisotopic (exact) mass is 264 g/mol. The lowest BCUT2D eigenvalue weighted by Crippen LogP contribution is -2.09. The third-order valence-electron chi connectivity index (χ3n) is 2.22. The number of anilines is 2. The van der Waals surface area contributed by atoms with Crippen LogP contribution >= 0.6 is 0 Å². The van der Waals surface area contributed by atoms with Crippen LogP contribution in [0.3, 0.4) is 0 Å². The Kier molecular flexibility index (Phi) is 3.51. The molecule has 0 amide bonds. The van der Waals surface area contributed by atoms with Crippen LogP contribution in [-0.4, -0.2) is 34.3 Å². The molecule has 0 aliphatic carbocycles. The van der Waals surface area contributed by atoms with Gasteiger partial charge in [-0.3, -0.25) is 9.78 Å². The fraction of sp³-hybridized carbons (Fsp3) is 0.182. The van der Waals surface area contributed by atoms with E-state index in [2.05, 4.69) is 20.3 Å². The van der Waals surface area contributed by atoms with E-state index in [0.717, 1.165) is 6.07 Å². The Hall–Kier alpha value is -2.77. The summed E-state index contributed by atoms with van der Waals surface area (Å²) in [4.78, 5) is 21.4. The summed E-state index contributed by atoms with van der Waals surface area (Å²) in [5, 5.41) is 12.0. The van der Waals surface area contributed by atoms with Crippen LogP contribution in [0.25, 0.3) is 0 Å². The standard InChI is InChI=1S/C11H12N4O4/c1-18-9-4-3-6(10(15-9)19-2)12-11-13-7(16)5-8(17)14-11/h3-5H,1-2H3,(H3,12,13,14,16,17). The normalized spacial score (nSPS) is 10.0. The summed E-state index contributed by atoms with van der Waals surface area (Å²) in [7, 11) is 2.94. The van der Waals surface area contributed by atoms with Crippen LogP contribution in [0, 0.1) is 0 Å². The Morgan fingerprint density at radius 1 is 1.26 bits per heavy atom. The lowest BCUT2D eigenvalue weighted by Gasteiger charge is -2.10. The first kappa shape index (κ1) is 12.7. The maximum atomic E-state index is 11.2. The molecule has 0 fully saturated rings. The zero-order valence-corrected chi connectivity index (χ0v) is 10.3. The Morgan fingerprint density at radius 3 is 2.68 bits per heavy atom. The molecule has 0 atom stereocenters. The summed E-state index contributed by atoms with van der Waals surface area (Å²) in [6.07, 6.45) is 0. The van der Waals surface area contributed by atoms with Crippen LogP contribution in [0.4, 0.5) is 11.6 Å². The highest BCUT2D eigenvalue weighted by Crippen LogP contribution is 2.26. The van der Waals surface area contributed by atoms with Crippen LogP contribution in [0.1, 0.15) is 0 Å². The van der Waals surface area contributed by atoms with Crippen molar-refractivity contribution in [3.8, 4) is 17.6 Å². The van der Waals surface area contributed by atoms with E-state index < -0.39 is 5.56 Å². The van der Waals surface area contributed by atoms with Crippen molar-refractivity contribution in [1.29, 1.82) is 0 Å². The number of methoxy groups -OCH3 is 2. The summed E-state index contributed by atoms with van der Waals surface area (Å²) in [6.45, 7) is 0. The number of nitrogens with zero attached hydrogens (tertiary/aromatic N) is 2. The van der Waals surface area contributed by atoms with Gasteiger partial charge in [-0.15, -0.1) is 0 Å². The van der Waals surface area contributed by atoms with E-state index >= 15 is 0 Å². The average Bonchev–Trinajstić information content (AvgIpc) is 2.38. The summed E-state index contributed by atoms with van der Waals surface area (Å²) in [6, 6.07) is 4.23. The minimum absolute atomic E-state index is 0.0790. The van der Waals surface area contributed by atoms with Gasteiger partial charge in [-0.1, -0.05) is 0 Å². The van der Waals surface area contributed by atoms with E-state index in [1.54, 1.807) is 12.1 Å². The molecule has 0 spiro atoms. The van der Waals surface area contributed by atoms with Gasteiger partial charge >= 0.3 is 0 Å². The lowest BCUT2D eigenvalue weighted by molar-refractivity contribution is 0.366. The average molecular weight is 264 g/mol. The first-order chi connectivity index (χ1) is 9.12. The van der Waals surface area contributed by atoms with Crippen molar-refractivity contribution in [2.24, 2.45) is 0 Å². The predicted molar refractivity (Wildman–Crippen MR) is 67.1 cm³/mol. The molecule has 2 heterocycles. The quantitative estimate of drug-likeness (QED) is 0.743. The van der Waals surface area contributed by atoms with Gasteiger partial charge in [-0.25, -0.2) is 0 Å². The molecule has 2 aromatic heterocycles. The van der Waals surface area contributed by atoms with Crippen LogP contribution in [0.15, 0.2) is 23.0 Å². The lowest BCUT2D eigenvalue weighted by atomic mass is 10.4. The van der Waals surface area contributed by atoms with Gasteiger partial charge in [0, 0.05) is 6.07 Å². The number of rotatable bonds is 4. The minimum Gasteiger partial charge on any atom is -0.493 e. The van der Waals surface area contributed by atoms with Crippen LogP contribution in [0.5, 0.6) is 17.6 Å². The number of pyridine rings is 1. The Balaban J connectivity index is 2.34. The highest BCUT2D eigenvalue weighted by Gasteiger charge is 2.08. The number of aromatic nitrogens is 3. The first-order valence-corrected chi connectivity index (χ1v) is 5.28. The van der Waals surface area contributed by atoms with Crippen molar-refractivity contribution in [3.05, 3.63) is 28.6 Å². The largest absolute Gasteiger partial charge is 0.493 e. The third kappa shape index (κ3) is 2.92. The molecular weight excluding hydrogens is 252 g/mol. The van der Waals surface area contributed by atoms with Crippen molar-refractivity contribution in [3.63, 3.8) is 0 Å². The van der Waals surface area contributed by atoms with E-state index in [-0.39, 0.29) is 17.7 Å². The Morgan fingerprint density at radius 2 is 2.05 bits per heavy atom. The van der Waals surface area contributed by atoms with Crippen molar-refractivity contribution in [1.82, 2.24) is 15.0 Å². The molecule has 0 aliphatic heterocycles. The fourth-order valence-corrected chi connectivity index (χ4v) is 1.42. The Bertz CT molecular complexity index is 641. The van der Waals surface area contributed by atoms with Gasteiger partial charge in [-0.2, -0.15) is 9.97 Å². The molecule has 2 aromatic rings. The number of nitrogens with one attached hydrogen (secondary N) is 2. The summed E-state index contributed by atoms with van der Waals surface area (Å²) >= 11 is 0. The number of ether oxygens (including phenoxy) is 2. The van der Waals surface area contributed by atoms with Crippen LogP contribution in [-0.2, 0) is 0 Å². The molecule has 0 saturated heterocycles. The van der Waals surface area contributed by atoms with E-state index in [0.29, 0.717) is 11.6 Å². The molecule has 19 heavy (non-hydrogen) atoms. The molecule has 0 radical (unpaired) electrons. The molecule has 0 unspecified atom stereocenters. The maximum Gasteiger partial charge on any atom is 0.256 e. The number of hydrogen-bond acceptors (Lipinski definition) is 7. The highest BCUT2D eigenvalue weighted by molar-refractivity contribution is 5.60. The molecule has 0 bridgehead atoms. The van der Waals surface area contributed by atoms with Gasteiger partial charge in [0.25, 0.3) is 5.56 Å². The topological polar surface area (TPSA) is 109 Å². The van der Waals surface area contributed by atoms with Gasteiger partial charge < -0.3 is 19.9 Å². The van der Waals surface area contributed by atoms with Gasteiger partial charge in [-0.05, 0) is 6.07 Å². The SMILES string of the molecule is COc1ccc(Nc2nc(O)cc(=O)[nH]2)c(OC)n1. The summed E-state index contributed by atoms with van der Waals surface area (Å²) < 4.78 is 10.1. The van der Waals surface area contributed by atoms with Gasteiger partial charge in [0.15, 0.2) is 0 Å². The molecule has 0 aliphatic rings. The van der Waals surface area contributed by atoms with Crippen molar-refractivity contribution < 1.29 is 14.6 Å². The van der Waals surface area contributed by atoms with Gasteiger partial charge in [0.1, 0.15) is 5.69 Å². The fourth-order valence-electron chi connectivity index (χ4n) is 1.42. The second-order valence-electron chi connectivity index (χ2n) is 3.49. The first-order valence-electron chi connectivity index (χ1n) is 5.28. The van der Waals surface area contributed by atoms with E-state index in [4.69, 9.17) is 9.47 Å². The molecule has 0 saturated carbocycles. The van der Waals surface area contributed by atoms with Crippen molar-refractivity contribution in [2.45, 2.75) is 0 Å². The maximum absolute atomic E-state index is 11.2. The number of H-pyrrole nitrogens is 1. The van der Waals surface area contributed by atoms with Crippen LogP contribution in [0.2, 0.25) is 0 Å². The molecule has 100 valence electrons. The number of aromatic hydroxyl groups is 1. The van der Waals surface area contributed by atoms with E-state index in [1.807, 2.05) is 0 Å². The number of aromatic amines is 1. The van der Waals surface area contributed by atoms with E-state index in [1.165, 1.54) is 14.2 Å². The van der Waals surface area contributed by atoms with Gasteiger partial charge in [0.05, 0.1) is 20.3 Å². The highest BCUT2D eigenvalue weighted by atomic mass is 16.5. The molecular formula is C11H12N4O4. The predicted octanol–water partition coefficient (Wildman–Crippen LogP) is 0.631. The zero-order chi connectivity index (χ0) is 13.8. The number of hydrogen-bond donors (Lipinski definition) is 3. The summed E-state index contributed by atoms with van der Waals surface area (Å²) in [5.74, 6) is 0.354. The Labute approximate surface area is 108 Å². The molecule has 0 aromatic carbocycles. The third-order valence-corrected chi connectivity index (χ3v) is 2.22. The molecule has 3 N–H and O–H groups in total. The van der Waals surface area contributed by atoms with Crippen molar-refractivity contribution in [2.75, 3.05) is 19.5 Å². The smallest absolute Gasteiger partial charge is 0.256 e. The minimum atomic E-state index is -0.476. The second kappa shape index (κ2) is 5.25.